The highest BCUT2D eigenvalue weighted by molar-refractivity contribution is 5.79. The SMILES string of the molecule is O=C(Cn1cnc2ccc(F)cc2c1=O)N1CCC[C@H]1c1nnc2n1CCCCC2. The van der Waals surface area contributed by atoms with Crippen molar-refractivity contribution in [1.29, 1.82) is 0 Å². The Kier molecular flexibility index (Phi) is 4.80. The van der Waals surface area contributed by atoms with Gasteiger partial charge < -0.3 is 9.47 Å². The van der Waals surface area contributed by atoms with E-state index in [0.717, 1.165) is 56.4 Å². The summed E-state index contributed by atoms with van der Waals surface area (Å²) >= 11 is 0. The largest absolute Gasteiger partial charge is 0.331 e. The van der Waals surface area contributed by atoms with Crippen molar-refractivity contribution < 1.29 is 9.18 Å². The molecule has 2 aromatic heterocycles. The lowest BCUT2D eigenvalue weighted by atomic mass is 10.2. The van der Waals surface area contributed by atoms with Gasteiger partial charge in [0.05, 0.1) is 23.3 Å². The summed E-state index contributed by atoms with van der Waals surface area (Å²) in [5.74, 6) is 1.18. The maximum absolute atomic E-state index is 13.6. The maximum atomic E-state index is 13.6. The molecule has 1 aromatic carbocycles. The van der Waals surface area contributed by atoms with Gasteiger partial charge in [-0.3, -0.25) is 14.2 Å². The van der Waals surface area contributed by atoms with Gasteiger partial charge in [-0.1, -0.05) is 6.42 Å². The number of carbonyl (C=O) groups excluding carboxylic acids is 1. The summed E-state index contributed by atoms with van der Waals surface area (Å²) in [7, 11) is 0. The summed E-state index contributed by atoms with van der Waals surface area (Å²) in [5.41, 5.74) is -0.00441. The molecule has 0 bridgehead atoms. The van der Waals surface area contributed by atoms with E-state index in [1.807, 2.05) is 0 Å². The first-order valence-electron chi connectivity index (χ1n) is 10.5. The molecular formula is C21H23FN6O2. The van der Waals surface area contributed by atoms with Gasteiger partial charge in [0.1, 0.15) is 18.2 Å². The zero-order valence-corrected chi connectivity index (χ0v) is 16.6. The van der Waals surface area contributed by atoms with E-state index < -0.39 is 11.4 Å². The number of hydrogen-bond donors (Lipinski definition) is 0. The molecule has 30 heavy (non-hydrogen) atoms. The van der Waals surface area contributed by atoms with E-state index in [1.54, 1.807) is 4.90 Å². The molecule has 0 unspecified atom stereocenters. The monoisotopic (exact) mass is 410 g/mol. The van der Waals surface area contributed by atoms with Gasteiger partial charge in [-0.15, -0.1) is 10.2 Å². The number of rotatable bonds is 3. The Hall–Kier alpha value is -3.10. The topological polar surface area (TPSA) is 85.9 Å². The maximum Gasteiger partial charge on any atom is 0.261 e. The van der Waals surface area contributed by atoms with Crippen molar-refractivity contribution in [2.24, 2.45) is 0 Å². The summed E-state index contributed by atoms with van der Waals surface area (Å²) in [4.78, 5) is 31.8. The lowest BCUT2D eigenvalue weighted by Crippen LogP contribution is -2.37. The second kappa shape index (κ2) is 7.62. The number of amides is 1. The fourth-order valence-electron chi connectivity index (χ4n) is 4.57. The number of halogens is 1. The molecule has 0 saturated carbocycles. The molecule has 0 spiro atoms. The van der Waals surface area contributed by atoms with Crippen LogP contribution in [0.3, 0.4) is 0 Å². The van der Waals surface area contributed by atoms with Crippen molar-refractivity contribution in [3.8, 4) is 0 Å². The first-order valence-corrected chi connectivity index (χ1v) is 10.5. The summed E-state index contributed by atoms with van der Waals surface area (Å²) in [6, 6.07) is 3.76. The predicted octanol–water partition coefficient (Wildman–Crippen LogP) is 2.22. The van der Waals surface area contributed by atoms with Gasteiger partial charge in [-0.25, -0.2) is 9.37 Å². The molecule has 1 fully saturated rings. The number of nitrogens with zero attached hydrogens (tertiary/aromatic N) is 6. The highest BCUT2D eigenvalue weighted by Crippen LogP contribution is 2.32. The second-order valence-electron chi connectivity index (χ2n) is 8.02. The number of benzene rings is 1. The van der Waals surface area contributed by atoms with E-state index in [4.69, 9.17) is 0 Å². The third kappa shape index (κ3) is 3.28. The minimum atomic E-state index is -0.502. The van der Waals surface area contributed by atoms with Crippen molar-refractivity contribution in [3.63, 3.8) is 0 Å². The summed E-state index contributed by atoms with van der Waals surface area (Å²) in [6.07, 6.45) is 7.37. The van der Waals surface area contributed by atoms with Crippen LogP contribution in [0.25, 0.3) is 10.9 Å². The molecule has 3 aromatic rings. The van der Waals surface area contributed by atoms with Crippen LogP contribution in [0.15, 0.2) is 29.3 Å². The summed E-state index contributed by atoms with van der Waals surface area (Å²) in [5, 5.41) is 8.97. The Morgan fingerprint density at radius 2 is 2.03 bits per heavy atom. The van der Waals surface area contributed by atoms with Crippen LogP contribution in [-0.4, -0.2) is 41.7 Å². The number of fused-ring (bicyclic) bond motifs is 2. The average Bonchev–Trinajstić information content (AvgIpc) is 3.31. The van der Waals surface area contributed by atoms with Crippen LogP contribution in [0.2, 0.25) is 0 Å². The molecule has 2 aliphatic heterocycles. The molecule has 8 nitrogen and oxygen atoms in total. The highest BCUT2D eigenvalue weighted by atomic mass is 19.1. The summed E-state index contributed by atoms with van der Waals surface area (Å²) in [6.45, 7) is 1.38. The van der Waals surface area contributed by atoms with Gasteiger partial charge >= 0.3 is 0 Å². The van der Waals surface area contributed by atoms with Crippen molar-refractivity contribution in [3.05, 3.63) is 52.3 Å². The van der Waals surface area contributed by atoms with E-state index in [9.17, 15) is 14.0 Å². The lowest BCUT2D eigenvalue weighted by molar-refractivity contribution is -0.133. The molecule has 156 valence electrons. The Bertz CT molecular complexity index is 1170. The van der Waals surface area contributed by atoms with E-state index in [2.05, 4.69) is 19.7 Å². The normalized spacial score (nSPS) is 19.1. The molecule has 5 rings (SSSR count). The first kappa shape index (κ1) is 18.9. The molecule has 2 aliphatic rings. The van der Waals surface area contributed by atoms with Crippen molar-refractivity contribution in [2.75, 3.05) is 6.54 Å². The molecular weight excluding hydrogens is 387 g/mol. The van der Waals surface area contributed by atoms with Crippen LogP contribution < -0.4 is 5.56 Å². The van der Waals surface area contributed by atoms with Gasteiger partial charge in [0.15, 0.2) is 5.82 Å². The molecule has 0 radical (unpaired) electrons. The van der Waals surface area contributed by atoms with Crippen LogP contribution >= 0.6 is 0 Å². The minimum Gasteiger partial charge on any atom is -0.331 e. The van der Waals surface area contributed by atoms with Crippen molar-refractivity contribution in [1.82, 2.24) is 29.2 Å². The van der Waals surface area contributed by atoms with Gasteiger partial charge in [0.2, 0.25) is 5.91 Å². The number of hydrogen-bond acceptors (Lipinski definition) is 5. The second-order valence-corrected chi connectivity index (χ2v) is 8.02. The van der Waals surface area contributed by atoms with E-state index in [1.165, 1.54) is 29.4 Å². The quantitative estimate of drug-likeness (QED) is 0.661. The number of aryl methyl sites for hydroxylation is 1. The smallest absolute Gasteiger partial charge is 0.261 e. The standard InChI is InChI=1S/C21H23FN6O2/c22-14-7-8-16-15(11-14)21(30)26(13-23-16)12-19(29)27-10-4-5-17(27)20-25-24-18-6-2-1-3-9-28(18)20/h7-8,11,13,17H,1-6,9-10,12H2/t17-/m0/s1. The zero-order valence-electron chi connectivity index (χ0n) is 16.6. The van der Waals surface area contributed by atoms with Gasteiger partial charge in [-0.05, 0) is 43.9 Å². The zero-order chi connectivity index (χ0) is 20.7. The predicted molar refractivity (Wildman–Crippen MR) is 107 cm³/mol. The van der Waals surface area contributed by atoms with Crippen LogP contribution in [0, 0.1) is 5.82 Å². The van der Waals surface area contributed by atoms with E-state index in [0.29, 0.717) is 12.1 Å². The third-order valence-corrected chi connectivity index (χ3v) is 6.10. The Labute approximate surface area is 172 Å². The van der Waals surface area contributed by atoms with Gasteiger partial charge in [-0.2, -0.15) is 0 Å². The Balaban J connectivity index is 1.41. The molecule has 1 saturated heterocycles. The van der Waals surface area contributed by atoms with Gasteiger partial charge in [0.25, 0.3) is 5.56 Å². The molecule has 0 N–H and O–H groups in total. The van der Waals surface area contributed by atoms with Crippen LogP contribution in [0.5, 0.6) is 0 Å². The van der Waals surface area contributed by atoms with Crippen LogP contribution in [0.4, 0.5) is 4.39 Å². The fraction of sp³-hybridized carbons (Fsp3) is 0.476. The van der Waals surface area contributed by atoms with E-state index in [-0.39, 0.29) is 23.9 Å². The van der Waals surface area contributed by atoms with Crippen LogP contribution in [-0.2, 0) is 24.3 Å². The first-order chi connectivity index (χ1) is 14.6. The lowest BCUT2D eigenvalue weighted by Gasteiger charge is -2.25. The average molecular weight is 410 g/mol. The Morgan fingerprint density at radius 1 is 1.13 bits per heavy atom. The number of carbonyl (C=O) groups is 1. The molecule has 4 heterocycles. The third-order valence-electron chi connectivity index (χ3n) is 6.10. The molecule has 1 atom stereocenters. The van der Waals surface area contributed by atoms with Crippen LogP contribution in [0.1, 0.15) is 49.8 Å². The van der Waals surface area contributed by atoms with Crippen molar-refractivity contribution in [2.45, 2.75) is 57.7 Å². The molecule has 1 amide bonds. The van der Waals surface area contributed by atoms with Crippen molar-refractivity contribution >= 4 is 16.8 Å². The van der Waals surface area contributed by atoms with E-state index >= 15 is 0 Å². The number of likely N-dealkylation sites (tertiary alicyclic amines) is 1. The van der Waals surface area contributed by atoms with Gasteiger partial charge in [0, 0.05) is 19.5 Å². The minimum absolute atomic E-state index is 0.126. The Morgan fingerprint density at radius 3 is 2.93 bits per heavy atom. The molecule has 9 heteroatoms. The summed E-state index contributed by atoms with van der Waals surface area (Å²) < 4.78 is 17.0. The molecule has 0 aliphatic carbocycles. The highest BCUT2D eigenvalue weighted by Gasteiger charge is 2.34. The fourth-order valence-corrected chi connectivity index (χ4v) is 4.57. The number of aromatic nitrogens is 5.